The molecule has 4 aliphatic rings. The number of rotatable bonds is 7. The van der Waals surface area contributed by atoms with Gasteiger partial charge in [-0.25, -0.2) is 22.6 Å². The smallest absolute Gasteiger partial charge is 0.318 e. The van der Waals surface area contributed by atoms with Gasteiger partial charge < -0.3 is 19.7 Å². The van der Waals surface area contributed by atoms with E-state index in [1.54, 1.807) is 11.0 Å². The Labute approximate surface area is 294 Å². The number of amides is 3. The van der Waals surface area contributed by atoms with Crippen molar-refractivity contribution in [1.82, 2.24) is 25.0 Å². The molecule has 3 fully saturated rings. The highest BCUT2D eigenvalue weighted by molar-refractivity contribution is 7.93. The van der Waals surface area contributed by atoms with E-state index < -0.39 is 38.2 Å². The number of hydrogen-bond donors (Lipinski definition) is 1. The fraction of sp³-hybridized carbons (Fsp3) is 0.400. The van der Waals surface area contributed by atoms with Gasteiger partial charge in [0.1, 0.15) is 10.7 Å². The summed E-state index contributed by atoms with van der Waals surface area (Å²) < 4.78 is 55.1. The second-order valence-corrected chi connectivity index (χ2v) is 14.7. The molecule has 1 atom stereocenters. The number of fused-ring (bicyclic) bond motifs is 1. The van der Waals surface area contributed by atoms with Crippen LogP contribution < -0.4 is 14.4 Å². The first-order valence-electron chi connectivity index (χ1n) is 16.6. The first kappa shape index (κ1) is 34.3. The zero-order chi connectivity index (χ0) is 35.9. The number of nitriles is 2. The van der Waals surface area contributed by atoms with E-state index in [2.05, 4.69) is 20.1 Å². The molecule has 0 saturated carbocycles. The first-order valence-corrected chi connectivity index (χ1v) is 18.0. The predicted molar refractivity (Wildman–Crippen MR) is 179 cm³/mol. The van der Waals surface area contributed by atoms with Gasteiger partial charge in [-0.3, -0.25) is 14.6 Å². The van der Waals surface area contributed by atoms with Crippen molar-refractivity contribution < 1.29 is 31.9 Å². The zero-order valence-electron chi connectivity index (χ0n) is 27.8. The quantitative estimate of drug-likeness (QED) is 0.380. The number of pyridine rings is 1. The predicted octanol–water partition coefficient (Wildman–Crippen LogP) is 2.14. The fourth-order valence-corrected chi connectivity index (χ4v) is 8.96. The molecule has 0 bridgehead atoms. The van der Waals surface area contributed by atoms with E-state index >= 15 is 4.39 Å². The van der Waals surface area contributed by atoms with Crippen molar-refractivity contribution >= 4 is 27.6 Å². The lowest BCUT2D eigenvalue weighted by atomic mass is 9.83. The average Bonchev–Trinajstić information content (AvgIpc) is 3.38. The number of carbonyl (C=O) groups is 2. The van der Waals surface area contributed by atoms with Gasteiger partial charge in [0, 0.05) is 57.1 Å². The Bertz CT molecular complexity index is 2070. The molecular formula is C35H35FN8O6S. The number of benzene rings is 2. The van der Waals surface area contributed by atoms with Gasteiger partial charge in [-0.2, -0.15) is 14.8 Å². The van der Waals surface area contributed by atoms with Gasteiger partial charge in [-0.1, -0.05) is 0 Å². The second kappa shape index (κ2) is 13.5. The molecule has 14 nitrogen and oxygen atoms in total. The number of piperidine rings is 1. The largest absolute Gasteiger partial charge is 0.481 e. The topological polar surface area (TPSA) is 172 Å². The molecule has 0 radical (unpaired) electrons. The summed E-state index contributed by atoms with van der Waals surface area (Å²) in [6, 6.07) is 13.7. The third-order valence-corrected chi connectivity index (χ3v) is 12.0. The highest BCUT2D eigenvalue weighted by Crippen LogP contribution is 2.49. The summed E-state index contributed by atoms with van der Waals surface area (Å²) in [5.41, 5.74) is -2.51. The minimum atomic E-state index is -4.99. The Kier molecular flexibility index (Phi) is 9.11. The molecule has 3 aromatic rings. The van der Waals surface area contributed by atoms with Crippen LogP contribution in [0.5, 0.6) is 5.88 Å². The summed E-state index contributed by atoms with van der Waals surface area (Å²) in [6.45, 7) is 5.46. The van der Waals surface area contributed by atoms with Gasteiger partial charge in [0.05, 0.1) is 60.9 Å². The summed E-state index contributed by atoms with van der Waals surface area (Å²) in [5, 5.41) is 21.9. The molecule has 7 rings (SSSR count). The van der Waals surface area contributed by atoms with E-state index in [9.17, 15) is 28.5 Å². The lowest BCUT2D eigenvalue weighted by molar-refractivity contribution is -0.121. The highest BCUT2D eigenvalue weighted by Gasteiger charge is 2.59. The van der Waals surface area contributed by atoms with Crippen LogP contribution in [-0.2, 0) is 25.1 Å². The molecule has 2 aromatic carbocycles. The number of likely N-dealkylation sites (tertiary alicyclic amines) is 1. The molecule has 1 N–H and O–H groups in total. The standard InChI is InChI=1S/C35H35FN8O6S/c1-49-32-27(3-2-10-39-32)35(40-34(46)43-15-13-42(14-16-43)25-8-11-41(12-9-25)26-21-50-22-26)28-17-23(19-37)4-6-30(28)44(33(35)45)51(47,48)31-7-5-24(20-38)18-29(31)36/h2-7,10,17-18,25-26H,8-9,11-16,21-22H2,1H3,(H,40,46)/t35-/m1/s1. The number of carbonyl (C=O) groups excluding carboxylic acids is 2. The number of ether oxygens (including phenoxy) is 2. The SMILES string of the molecule is COc1ncccc1[C@]1(NC(=O)N2CCN(C3CCN(C4COC4)CC3)CC2)C(=O)N(S(=O)(=O)c2ccc(C#N)cc2F)c2ccc(C#N)cc21. The number of methoxy groups -OCH3 is 1. The van der Waals surface area contributed by atoms with E-state index in [4.69, 9.17) is 9.47 Å². The Balaban J connectivity index is 1.23. The number of hydrogen-bond acceptors (Lipinski definition) is 11. The molecule has 1 aromatic heterocycles. The van der Waals surface area contributed by atoms with E-state index in [0.29, 0.717) is 42.6 Å². The molecule has 5 heterocycles. The molecule has 3 amide bonds. The summed E-state index contributed by atoms with van der Waals surface area (Å²) in [6.07, 6.45) is 3.45. The van der Waals surface area contributed by atoms with Crippen LogP contribution in [0, 0.1) is 28.5 Å². The van der Waals surface area contributed by atoms with Crippen LogP contribution in [0.15, 0.2) is 59.6 Å². The van der Waals surface area contributed by atoms with Crippen LogP contribution >= 0.6 is 0 Å². The third-order valence-electron chi connectivity index (χ3n) is 10.2. The molecule has 51 heavy (non-hydrogen) atoms. The molecule has 0 aliphatic carbocycles. The lowest BCUT2D eigenvalue weighted by Gasteiger charge is -2.46. The zero-order valence-corrected chi connectivity index (χ0v) is 28.6. The summed E-state index contributed by atoms with van der Waals surface area (Å²) in [4.78, 5) is 39.0. The number of halogens is 1. The maximum absolute atomic E-state index is 15.3. The monoisotopic (exact) mass is 714 g/mol. The van der Waals surface area contributed by atoms with Crippen molar-refractivity contribution in [1.29, 1.82) is 10.5 Å². The molecule has 4 aliphatic heterocycles. The Morgan fingerprint density at radius 3 is 2.25 bits per heavy atom. The minimum Gasteiger partial charge on any atom is -0.481 e. The van der Waals surface area contributed by atoms with Gasteiger partial charge in [0.2, 0.25) is 5.88 Å². The number of nitrogens with one attached hydrogen (secondary N) is 1. The van der Waals surface area contributed by atoms with Crippen LogP contribution in [0.25, 0.3) is 0 Å². The van der Waals surface area contributed by atoms with Gasteiger partial charge >= 0.3 is 6.03 Å². The Morgan fingerprint density at radius 2 is 1.63 bits per heavy atom. The van der Waals surface area contributed by atoms with Crippen LogP contribution in [0.2, 0.25) is 0 Å². The first-order chi connectivity index (χ1) is 24.6. The van der Waals surface area contributed by atoms with Gasteiger partial charge in [-0.15, -0.1) is 0 Å². The number of nitrogens with zero attached hydrogens (tertiary/aromatic N) is 7. The maximum atomic E-state index is 15.3. The van der Waals surface area contributed by atoms with Crippen molar-refractivity contribution in [2.75, 3.05) is 63.9 Å². The van der Waals surface area contributed by atoms with Crippen molar-refractivity contribution in [2.24, 2.45) is 0 Å². The summed E-state index contributed by atoms with van der Waals surface area (Å²) in [5.74, 6) is -2.47. The number of anilines is 1. The van der Waals surface area contributed by atoms with Gasteiger partial charge in [-0.05, 0) is 61.4 Å². The van der Waals surface area contributed by atoms with Crippen molar-refractivity contribution in [2.45, 2.75) is 35.4 Å². The molecule has 264 valence electrons. The van der Waals surface area contributed by atoms with Crippen LogP contribution in [0.4, 0.5) is 14.9 Å². The van der Waals surface area contributed by atoms with Gasteiger partial charge in [0.15, 0.2) is 5.54 Å². The van der Waals surface area contributed by atoms with E-state index in [1.807, 2.05) is 6.07 Å². The van der Waals surface area contributed by atoms with E-state index in [-0.39, 0.29) is 33.8 Å². The number of piperazine rings is 1. The lowest BCUT2D eigenvalue weighted by Crippen LogP contribution is -2.61. The van der Waals surface area contributed by atoms with Crippen LogP contribution in [-0.4, -0.2) is 112 Å². The van der Waals surface area contributed by atoms with Crippen LogP contribution in [0.3, 0.4) is 0 Å². The highest BCUT2D eigenvalue weighted by atomic mass is 32.2. The third kappa shape index (κ3) is 5.84. The maximum Gasteiger partial charge on any atom is 0.318 e. The molecular weight excluding hydrogens is 679 g/mol. The average molecular weight is 715 g/mol. The molecule has 0 spiro atoms. The number of aromatic nitrogens is 1. The van der Waals surface area contributed by atoms with Crippen molar-refractivity contribution in [3.8, 4) is 18.0 Å². The van der Waals surface area contributed by atoms with Crippen molar-refractivity contribution in [3.63, 3.8) is 0 Å². The van der Waals surface area contributed by atoms with E-state index in [1.165, 1.54) is 43.6 Å². The minimum absolute atomic E-state index is 0.0162. The number of urea groups is 1. The Morgan fingerprint density at radius 1 is 0.961 bits per heavy atom. The summed E-state index contributed by atoms with van der Waals surface area (Å²) >= 11 is 0. The summed E-state index contributed by atoms with van der Waals surface area (Å²) in [7, 11) is -3.67. The van der Waals surface area contributed by atoms with E-state index in [0.717, 1.165) is 57.3 Å². The van der Waals surface area contributed by atoms with Crippen LogP contribution in [0.1, 0.15) is 35.1 Å². The molecule has 16 heteroatoms. The Hall–Kier alpha value is -5.13. The second-order valence-electron chi connectivity index (χ2n) is 12.9. The van der Waals surface area contributed by atoms with Gasteiger partial charge in [0.25, 0.3) is 15.9 Å². The van der Waals surface area contributed by atoms with Crippen molar-refractivity contribution in [3.05, 3.63) is 82.8 Å². The molecule has 3 saturated heterocycles. The number of sulfonamides is 1. The fourth-order valence-electron chi connectivity index (χ4n) is 7.44. The molecule has 0 unspecified atom stereocenters. The normalized spacial score (nSPS) is 21.8.